The Labute approximate surface area is 360 Å². The standard InChI is InChI=1S/C41H46F4N12O5S/c1-53(63(2,61)62)37-32(46-11-12-47-37)22-48-36-30(41(43,44)45)21-49-40(52-36)50-27-3-5-28(6-4-27)55-13-9-29(10-14-55)56-17-15-54(16-18-56)23-25-19-26-24-57(39(60)35(26)31(42)20-25)33-7-8-34(58)51-38(33)59/h3-6,11-12,19-21,29,33H,7-10,13-18,22-24H2,1-2H3,(H,51,58,59)(H2,48,49,50,52). The number of nitrogens with one attached hydrogen (secondary N) is 3. The predicted octanol–water partition coefficient (Wildman–Crippen LogP) is 3.72. The van der Waals surface area contributed by atoms with Crippen LogP contribution in [0.5, 0.6) is 0 Å². The average molecular weight is 895 g/mol. The number of carbonyl (C=O) groups excluding carboxylic acids is 3. The second-order valence-corrected chi connectivity index (χ2v) is 18.1. The van der Waals surface area contributed by atoms with Gasteiger partial charge in [0.05, 0.1) is 18.4 Å². The van der Waals surface area contributed by atoms with E-state index in [0.29, 0.717) is 30.0 Å². The smallest absolute Gasteiger partial charge is 0.371 e. The lowest BCUT2D eigenvalue weighted by Gasteiger charge is -2.43. The first kappa shape index (κ1) is 43.6. The van der Waals surface area contributed by atoms with Gasteiger partial charge in [-0.2, -0.15) is 18.2 Å². The Bertz CT molecular complexity index is 2500. The number of carbonyl (C=O) groups is 3. The summed E-state index contributed by atoms with van der Waals surface area (Å²) in [5, 5.41) is 7.88. The Morgan fingerprint density at radius 2 is 1.65 bits per heavy atom. The van der Waals surface area contributed by atoms with Crippen LogP contribution in [-0.2, 0) is 45.4 Å². The molecule has 334 valence electrons. The minimum absolute atomic E-state index is 0.00116. The second kappa shape index (κ2) is 17.6. The Balaban J connectivity index is 0.820. The second-order valence-electron chi connectivity index (χ2n) is 16.1. The molecule has 2 aromatic heterocycles. The Hall–Kier alpha value is -6.00. The summed E-state index contributed by atoms with van der Waals surface area (Å²) in [6.45, 7) is 5.38. The van der Waals surface area contributed by atoms with Crippen LogP contribution in [0.2, 0.25) is 0 Å². The van der Waals surface area contributed by atoms with Gasteiger partial charge < -0.3 is 20.4 Å². The maximum atomic E-state index is 15.3. The van der Waals surface area contributed by atoms with Crippen LogP contribution >= 0.6 is 0 Å². The lowest BCUT2D eigenvalue weighted by molar-refractivity contribution is -0.138. The van der Waals surface area contributed by atoms with Gasteiger partial charge in [0.1, 0.15) is 28.9 Å². The molecule has 63 heavy (non-hydrogen) atoms. The van der Waals surface area contributed by atoms with E-state index < -0.39 is 51.3 Å². The molecule has 22 heteroatoms. The number of alkyl halides is 3. The van der Waals surface area contributed by atoms with Crippen LogP contribution in [0.25, 0.3) is 0 Å². The molecule has 17 nitrogen and oxygen atoms in total. The van der Waals surface area contributed by atoms with E-state index in [1.807, 2.05) is 18.2 Å². The fourth-order valence-electron chi connectivity index (χ4n) is 8.59. The first-order valence-corrected chi connectivity index (χ1v) is 22.3. The zero-order valence-electron chi connectivity index (χ0n) is 34.5. The number of aromatic nitrogens is 4. The van der Waals surface area contributed by atoms with Crippen molar-refractivity contribution >= 4 is 56.7 Å². The van der Waals surface area contributed by atoms with Gasteiger partial charge in [-0.3, -0.25) is 38.8 Å². The van der Waals surface area contributed by atoms with Crippen LogP contribution in [0.1, 0.15) is 58.4 Å². The Morgan fingerprint density at radius 3 is 2.33 bits per heavy atom. The van der Waals surface area contributed by atoms with Crippen molar-refractivity contribution in [2.24, 2.45) is 0 Å². The summed E-state index contributed by atoms with van der Waals surface area (Å²) >= 11 is 0. The summed E-state index contributed by atoms with van der Waals surface area (Å²) in [6, 6.07) is 10.4. The van der Waals surface area contributed by atoms with Gasteiger partial charge in [0, 0.05) is 102 Å². The number of benzene rings is 2. The third-order valence-corrected chi connectivity index (χ3v) is 13.1. The highest BCUT2D eigenvalue weighted by Crippen LogP contribution is 2.35. The molecule has 0 aliphatic carbocycles. The lowest BCUT2D eigenvalue weighted by atomic mass is 10.0. The minimum atomic E-state index is -4.78. The molecule has 1 unspecified atom stereocenters. The molecule has 8 rings (SSSR count). The van der Waals surface area contributed by atoms with E-state index in [-0.39, 0.29) is 54.9 Å². The normalized spacial score (nSPS) is 19.3. The lowest BCUT2D eigenvalue weighted by Crippen LogP contribution is -2.53. The quantitative estimate of drug-likeness (QED) is 0.138. The highest BCUT2D eigenvalue weighted by Gasteiger charge is 2.41. The van der Waals surface area contributed by atoms with E-state index in [4.69, 9.17) is 0 Å². The zero-order valence-corrected chi connectivity index (χ0v) is 35.3. The molecular formula is C41H46F4N12O5S. The third kappa shape index (κ3) is 9.66. The number of anilines is 5. The van der Waals surface area contributed by atoms with Crippen LogP contribution in [0.15, 0.2) is 55.0 Å². The number of sulfonamides is 1. The maximum Gasteiger partial charge on any atom is 0.421 e. The van der Waals surface area contributed by atoms with Crippen molar-refractivity contribution < 1.29 is 40.4 Å². The molecule has 3 amide bonds. The van der Waals surface area contributed by atoms with Gasteiger partial charge in [0.25, 0.3) is 5.91 Å². The SMILES string of the molecule is CN(c1nccnc1CNc1nc(Nc2ccc(N3CCC(N4CCN(Cc5cc(F)c6c(c5)CN(C5CCC(=O)NC5=O)C6=O)CC4)CC3)cc2)ncc1C(F)(F)F)S(C)(=O)=O. The molecule has 0 saturated carbocycles. The van der Waals surface area contributed by atoms with Gasteiger partial charge in [0.15, 0.2) is 5.82 Å². The third-order valence-electron chi connectivity index (χ3n) is 12.0. The average Bonchev–Trinajstić information content (AvgIpc) is 3.58. The molecule has 3 N–H and O–H groups in total. The number of imide groups is 1. The molecule has 3 fully saturated rings. The van der Waals surface area contributed by atoms with E-state index in [9.17, 15) is 36.0 Å². The summed E-state index contributed by atoms with van der Waals surface area (Å²) in [5.74, 6) is -2.66. The van der Waals surface area contributed by atoms with Gasteiger partial charge in [-0.15, -0.1) is 0 Å². The van der Waals surface area contributed by atoms with Crippen LogP contribution in [-0.4, -0.2) is 125 Å². The Morgan fingerprint density at radius 1 is 0.937 bits per heavy atom. The van der Waals surface area contributed by atoms with Crippen molar-refractivity contribution in [1.82, 2.24) is 40.0 Å². The summed E-state index contributed by atoms with van der Waals surface area (Å²) < 4.78 is 82.3. The van der Waals surface area contributed by atoms with E-state index in [1.54, 1.807) is 12.1 Å². The molecule has 2 aromatic carbocycles. The Kier molecular flexibility index (Phi) is 12.2. The van der Waals surface area contributed by atoms with Gasteiger partial charge in [0.2, 0.25) is 27.8 Å². The number of piperidine rings is 2. The molecule has 0 bridgehead atoms. The van der Waals surface area contributed by atoms with Gasteiger partial charge >= 0.3 is 6.18 Å². The largest absolute Gasteiger partial charge is 0.421 e. The molecule has 4 aromatic rings. The molecule has 0 radical (unpaired) electrons. The molecular weight excluding hydrogens is 849 g/mol. The number of halogens is 4. The minimum Gasteiger partial charge on any atom is -0.371 e. The number of hydrogen-bond acceptors (Lipinski definition) is 14. The van der Waals surface area contributed by atoms with Crippen molar-refractivity contribution in [2.75, 3.05) is 72.4 Å². The zero-order chi connectivity index (χ0) is 44.6. The number of hydrogen-bond donors (Lipinski definition) is 3. The number of nitrogens with zero attached hydrogens (tertiary/aromatic N) is 9. The first-order chi connectivity index (χ1) is 30.0. The van der Waals surface area contributed by atoms with E-state index in [2.05, 4.69) is 50.6 Å². The summed E-state index contributed by atoms with van der Waals surface area (Å²) in [5.41, 5.74) is 1.88. The van der Waals surface area contributed by atoms with E-state index >= 15 is 4.39 Å². The molecule has 6 heterocycles. The van der Waals surface area contributed by atoms with E-state index in [1.165, 1.54) is 30.4 Å². The van der Waals surface area contributed by atoms with E-state index in [0.717, 1.165) is 73.9 Å². The van der Waals surface area contributed by atoms with Crippen molar-refractivity contribution in [3.05, 3.63) is 88.8 Å². The number of rotatable bonds is 12. The van der Waals surface area contributed by atoms with Gasteiger partial charge in [-0.1, -0.05) is 6.07 Å². The van der Waals surface area contributed by atoms with Crippen LogP contribution in [0.3, 0.4) is 0 Å². The summed E-state index contributed by atoms with van der Waals surface area (Å²) in [7, 11) is -2.44. The van der Waals surface area contributed by atoms with Crippen molar-refractivity contribution in [1.29, 1.82) is 0 Å². The molecule has 4 aliphatic rings. The van der Waals surface area contributed by atoms with Crippen LogP contribution in [0.4, 0.5) is 46.5 Å². The highest BCUT2D eigenvalue weighted by molar-refractivity contribution is 7.92. The van der Waals surface area contributed by atoms with Gasteiger partial charge in [-0.05, 0) is 60.7 Å². The summed E-state index contributed by atoms with van der Waals surface area (Å²) in [4.78, 5) is 61.7. The van der Waals surface area contributed by atoms with Crippen molar-refractivity contribution in [3.63, 3.8) is 0 Å². The summed E-state index contributed by atoms with van der Waals surface area (Å²) in [6.07, 6.45) is 1.74. The highest BCUT2D eigenvalue weighted by atomic mass is 32.2. The van der Waals surface area contributed by atoms with Crippen LogP contribution < -0.4 is 25.2 Å². The number of fused-ring (bicyclic) bond motifs is 1. The predicted molar refractivity (Wildman–Crippen MR) is 224 cm³/mol. The topological polar surface area (TPSA) is 189 Å². The fourth-order valence-corrected chi connectivity index (χ4v) is 9.05. The number of piperazine rings is 1. The fraction of sp³-hybridized carbons (Fsp3) is 0.439. The van der Waals surface area contributed by atoms with Gasteiger partial charge in [-0.25, -0.2) is 22.8 Å². The number of amides is 3. The van der Waals surface area contributed by atoms with Crippen molar-refractivity contribution in [3.8, 4) is 0 Å². The first-order valence-electron chi connectivity index (χ1n) is 20.5. The monoisotopic (exact) mass is 894 g/mol. The molecule has 4 aliphatic heterocycles. The van der Waals surface area contributed by atoms with Crippen molar-refractivity contribution in [2.45, 2.75) is 63.6 Å². The molecule has 0 spiro atoms. The maximum absolute atomic E-state index is 15.3. The van der Waals surface area contributed by atoms with Crippen LogP contribution in [0, 0.1) is 5.82 Å². The molecule has 1 atom stereocenters. The molecule has 3 saturated heterocycles.